The van der Waals surface area contributed by atoms with Crippen molar-refractivity contribution in [2.45, 2.75) is 32.5 Å². The number of aliphatic carboxylic acids is 1. The zero-order valence-electron chi connectivity index (χ0n) is 13.9. The number of halogens is 3. The fourth-order valence-corrected chi connectivity index (χ4v) is 3.13. The normalized spacial score (nSPS) is 21.9. The maximum atomic E-state index is 13.2. The first-order valence-electron chi connectivity index (χ1n) is 7.74. The van der Waals surface area contributed by atoms with Gasteiger partial charge in [-0.25, -0.2) is 14.6 Å². The Labute approximate surface area is 141 Å². The minimum Gasteiger partial charge on any atom is -0.481 e. The summed E-state index contributed by atoms with van der Waals surface area (Å²) in [7, 11) is 0. The van der Waals surface area contributed by atoms with Gasteiger partial charge in [-0.1, -0.05) is 0 Å². The molecule has 3 rings (SSSR count). The van der Waals surface area contributed by atoms with E-state index in [1.807, 2.05) is 20.8 Å². The summed E-state index contributed by atoms with van der Waals surface area (Å²) < 4.78 is 41.3. The number of carboxylic acids is 1. The zero-order chi connectivity index (χ0) is 18.6. The lowest BCUT2D eigenvalue weighted by atomic mass is 9.96. The van der Waals surface area contributed by atoms with Crippen molar-refractivity contribution in [1.29, 1.82) is 0 Å². The first-order chi connectivity index (χ1) is 11.5. The number of hydrogen-bond donors (Lipinski definition) is 1. The average molecular weight is 357 g/mol. The molecular weight excluding hydrogens is 339 g/mol. The lowest BCUT2D eigenvalue weighted by molar-refractivity contribution is -0.187. The smallest absolute Gasteiger partial charge is 0.394 e. The first-order valence-corrected chi connectivity index (χ1v) is 7.74. The van der Waals surface area contributed by atoms with Gasteiger partial charge >= 0.3 is 12.1 Å². The predicted octanol–water partition coefficient (Wildman–Crippen LogP) is 2.28. The number of hydrogen-bond acceptors (Lipinski definition) is 5. The topological polar surface area (TPSA) is 84.1 Å². The number of nitrogens with zero attached hydrogens (tertiary/aromatic N) is 5. The van der Waals surface area contributed by atoms with Crippen LogP contribution in [0.2, 0.25) is 0 Å². The third-order valence-corrected chi connectivity index (χ3v) is 4.34. The molecule has 2 aromatic heterocycles. The molecule has 7 nitrogen and oxygen atoms in total. The van der Waals surface area contributed by atoms with Crippen molar-refractivity contribution < 1.29 is 23.1 Å². The van der Waals surface area contributed by atoms with Crippen molar-refractivity contribution in [2.75, 3.05) is 18.0 Å². The molecular formula is C15H18F3N5O2. The van der Waals surface area contributed by atoms with Crippen molar-refractivity contribution in [3.63, 3.8) is 0 Å². The van der Waals surface area contributed by atoms with Gasteiger partial charge in [0.2, 0.25) is 0 Å². The molecule has 0 aliphatic carbocycles. The standard InChI is InChI=1S/C15H18F3N5O2/c1-14(2,3)23-12-8(4-21-23)11(19-7-20-12)22-5-9(13(24)25)10(6-22)15(16,17)18/h4,7,9-10H,5-6H2,1-3H3,(H,24,25)/t9-,10-/m1/s1. The van der Waals surface area contributed by atoms with E-state index in [1.165, 1.54) is 17.4 Å². The van der Waals surface area contributed by atoms with Crippen LogP contribution in [0.4, 0.5) is 19.0 Å². The van der Waals surface area contributed by atoms with Gasteiger partial charge in [-0.05, 0) is 20.8 Å². The molecule has 1 fully saturated rings. The molecule has 0 radical (unpaired) electrons. The molecule has 1 aliphatic rings. The highest BCUT2D eigenvalue weighted by molar-refractivity contribution is 5.87. The van der Waals surface area contributed by atoms with E-state index in [0.29, 0.717) is 11.0 Å². The van der Waals surface area contributed by atoms with E-state index in [-0.39, 0.29) is 17.9 Å². The van der Waals surface area contributed by atoms with Crippen molar-refractivity contribution in [3.8, 4) is 0 Å². The molecule has 25 heavy (non-hydrogen) atoms. The van der Waals surface area contributed by atoms with E-state index in [4.69, 9.17) is 5.11 Å². The molecule has 3 heterocycles. The number of fused-ring (bicyclic) bond motifs is 1. The Balaban J connectivity index is 2.03. The summed E-state index contributed by atoms with van der Waals surface area (Å²) in [5, 5.41) is 13.9. The Morgan fingerprint density at radius 3 is 2.44 bits per heavy atom. The van der Waals surface area contributed by atoms with Crippen LogP contribution in [0.15, 0.2) is 12.5 Å². The van der Waals surface area contributed by atoms with Crippen LogP contribution >= 0.6 is 0 Å². The predicted molar refractivity (Wildman–Crippen MR) is 83.2 cm³/mol. The summed E-state index contributed by atoms with van der Waals surface area (Å²) in [5.41, 5.74) is 0.135. The van der Waals surface area contributed by atoms with E-state index in [2.05, 4.69) is 15.1 Å². The highest BCUT2D eigenvalue weighted by atomic mass is 19.4. The number of aromatic nitrogens is 4. The van der Waals surface area contributed by atoms with E-state index >= 15 is 0 Å². The molecule has 10 heteroatoms. The number of carbonyl (C=O) groups is 1. The highest BCUT2D eigenvalue weighted by Crippen LogP contribution is 2.40. The summed E-state index contributed by atoms with van der Waals surface area (Å²) in [6, 6.07) is 0. The minimum atomic E-state index is -4.58. The van der Waals surface area contributed by atoms with E-state index < -0.39 is 30.5 Å². The van der Waals surface area contributed by atoms with Crippen LogP contribution in [0.3, 0.4) is 0 Å². The SMILES string of the molecule is CC(C)(C)n1ncc2c(N3C[C@@H](C(F)(F)F)[C@H](C(=O)O)C3)ncnc21. The van der Waals surface area contributed by atoms with Crippen LogP contribution in [0.5, 0.6) is 0 Å². The molecule has 0 saturated carbocycles. The second kappa shape index (κ2) is 5.57. The Bertz CT molecular complexity index is 812. The zero-order valence-corrected chi connectivity index (χ0v) is 13.9. The second-order valence-corrected chi connectivity index (χ2v) is 7.16. The van der Waals surface area contributed by atoms with Crippen LogP contribution in [-0.2, 0) is 10.3 Å². The maximum Gasteiger partial charge on any atom is 0.394 e. The summed E-state index contributed by atoms with van der Waals surface area (Å²) in [4.78, 5) is 20.9. The van der Waals surface area contributed by atoms with Crippen LogP contribution in [0.25, 0.3) is 11.0 Å². The van der Waals surface area contributed by atoms with E-state index in [1.54, 1.807) is 4.68 Å². The van der Waals surface area contributed by atoms with Crippen LogP contribution < -0.4 is 4.90 Å². The maximum absolute atomic E-state index is 13.2. The molecule has 0 unspecified atom stereocenters. The van der Waals surface area contributed by atoms with Gasteiger partial charge in [0, 0.05) is 13.1 Å². The quantitative estimate of drug-likeness (QED) is 0.888. The number of rotatable bonds is 2. The molecule has 136 valence electrons. The molecule has 2 aromatic rings. The molecule has 1 N–H and O–H groups in total. The number of alkyl halides is 3. The molecule has 0 aromatic carbocycles. The molecule has 0 spiro atoms. The molecule has 1 aliphatic heterocycles. The Morgan fingerprint density at radius 1 is 1.24 bits per heavy atom. The monoisotopic (exact) mass is 357 g/mol. The summed E-state index contributed by atoms with van der Waals surface area (Å²) >= 11 is 0. The van der Waals surface area contributed by atoms with Crippen LogP contribution in [0, 0.1) is 11.8 Å². The van der Waals surface area contributed by atoms with Gasteiger partial charge < -0.3 is 10.0 Å². The summed E-state index contributed by atoms with van der Waals surface area (Å²) in [6.45, 7) is 5.07. The Hall–Kier alpha value is -2.39. The minimum absolute atomic E-state index is 0.258. The van der Waals surface area contributed by atoms with Gasteiger partial charge in [0.1, 0.15) is 12.1 Å². The Kier molecular flexibility index (Phi) is 3.88. The van der Waals surface area contributed by atoms with Crippen molar-refractivity contribution in [1.82, 2.24) is 19.7 Å². The van der Waals surface area contributed by atoms with Crippen LogP contribution in [-0.4, -0.2) is 50.1 Å². The average Bonchev–Trinajstić information content (AvgIpc) is 3.10. The van der Waals surface area contributed by atoms with Gasteiger partial charge in [0.15, 0.2) is 5.65 Å². The van der Waals surface area contributed by atoms with Gasteiger partial charge in [-0.15, -0.1) is 0 Å². The molecule has 1 saturated heterocycles. The summed E-state index contributed by atoms with van der Waals surface area (Å²) in [6.07, 6.45) is -1.82. The van der Waals surface area contributed by atoms with Gasteiger partial charge in [-0.2, -0.15) is 18.3 Å². The van der Waals surface area contributed by atoms with Crippen LogP contribution in [0.1, 0.15) is 20.8 Å². The van der Waals surface area contributed by atoms with Crippen molar-refractivity contribution >= 4 is 22.8 Å². The first kappa shape index (κ1) is 17.4. The fourth-order valence-electron chi connectivity index (χ4n) is 3.13. The number of carboxylic acid groups (broad SMARTS) is 1. The third kappa shape index (κ3) is 3.00. The molecule has 0 amide bonds. The lowest BCUT2D eigenvalue weighted by Crippen LogP contribution is -2.33. The van der Waals surface area contributed by atoms with Gasteiger partial charge in [0.25, 0.3) is 0 Å². The molecule has 2 atom stereocenters. The van der Waals surface area contributed by atoms with E-state index in [0.717, 1.165) is 0 Å². The molecule has 0 bridgehead atoms. The highest BCUT2D eigenvalue weighted by Gasteiger charge is 2.53. The third-order valence-electron chi connectivity index (χ3n) is 4.34. The fraction of sp³-hybridized carbons (Fsp3) is 0.600. The van der Waals surface area contributed by atoms with Gasteiger partial charge in [0.05, 0.1) is 29.0 Å². The second-order valence-electron chi connectivity index (χ2n) is 7.16. The summed E-state index contributed by atoms with van der Waals surface area (Å²) in [5.74, 6) is -4.64. The largest absolute Gasteiger partial charge is 0.481 e. The van der Waals surface area contributed by atoms with Crippen molar-refractivity contribution in [2.24, 2.45) is 11.8 Å². The lowest BCUT2D eigenvalue weighted by Gasteiger charge is -2.21. The number of anilines is 1. The van der Waals surface area contributed by atoms with Crippen molar-refractivity contribution in [3.05, 3.63) is 12.5 Å². The van der Waals surface area contributed by atoms with Gasteiger partial charge in [-0.3, -0.25) is 4.79 Å². The van der Waals surface area contributed by atoms with E-state index in [9.17, 15) is 18.0 Å². The Morgan fingerprint density at radius 2 is 1.92 bits per heavy atom.